The fraction of sp³-hybridized carbons (Fsp3) is 0.483. The number of carbonyl (C=O) groups is 3. The minimum Gasteiger partial charge on any atom is -0.497 e. The van der Waals surface area contributed by atoms with Gasteiger partial charge in [0.2, 0.25) is 5.91 Å². The van der Waals surface area contributed by atoms with E-state index in [1.165, 1.54) is 4.90 Å². The van der Waals surface area contributed by atoms with Crippen LogP contribution >= 0.6 is 0 Å². The Hall–Kier alpha value is -3.59. The Morgan fingerprint density at radius 1 is 1.03 bits per heavy atom. The largest absolute Gasteiger partial charge is 0.497 e. The normalized spacial score (nSPS) is 13.6. The number of amides is 3. The summed E-state index contributed by atoms with van der Waals surface area (Å²) in [5, 5.41) is 15.5. The average Bonchev–Trinajstić information content (AvgIpc) is 2.83. The van der Waals surface area contributed by atoms with E-state index in [2.05, 4.69) is 10.6 Å². The first-order valence-electron chi connectivity index (χ1n) is 12.7. The molecule has 2 aromatic rings. The number of hydrogen-bond acceptors (Lipinski definition) is 6. The van der Waals surface area contributed by atoms with E-state index in [1.807, 2.05) is 45.9 Å². The summed E-state index contributed by atoms with van der Waals surface area (Å²) in [7, 11) is 1.56. The molecule has 3 N–H and O–H groups in total. The SMILES string of the molecule is CCC(C)N(C(=O)C(CO)NC(=O)OC(C)(C)C)C(C(=O)Nc1ccc(OC)cc1)c1cc(C)cc(C)c1. The van der Waals surface area contributed by atoms with Crippen LogP contribution in [0, 0.1) is 13.8 Å². The van der Waals surface area contributed by atoms with E-state index in [4.69, 9.17) is 9.47 Å². The van der Waals surface area contributed by atoms with Gasteiger partial charge >= 0.3 is 6.09 Å². The van der Waals surface area contributed by atoms with Crippen LogP contribution in [-0.2, 0) is 14.3 Å². The maximum Gasteiger partial charge on any atom is 0.408 e. The molecule has 0 aliphatic rings. The van der Waals surface area contributed by atoms with Gasteiger partial charge in [-0.3, -0.25) is 9.59 Å². The molecule has 3 unspecified atom stereocenters. The zero-order valence-electron chi connectivity index (χ0n) is 23.6. The van der Waals surface area contributed by atoms with Crippen LogP contribution in [0.25, 0.3) is 0 Å². The van der Waals surface area contributed by atoms with Crippen LogP contribution in [0.2, 0.25) is 0 Å². The zero-order valence-corrected chi connectivity index (χ0v) is 23.6. The van der Waals surface area contributed by atoms with Gasteiger partial charge in [0.15, 0.2) is 0 Å². The summed E-state index contributed by atoms with van der Waals surface area (Å²) in [6.45, 7) is 12.0. The van der Waals surface area contributed by atoms with E-state index in [0.717, 1.165) is 11.1 Å². The molecular weight excluding hydrogens is 486 g/mol. The number of ether oxygens (including phenoxy) is 2. The summed E-state index contributed by atoms with van der Waals surface area (Å²) in [4.78, 5) is 41.6. The van der Waals surface area contributed by atoms with Crippen LogP contribution in [0.5, 0.6) is 5.75 Å². The lowest BCUT2D eigenvalue weighted by Gasteiger charge is -2.38. The standard InChI is InChI=1S/C29H41N3O6/c1-9-20(4)32(27(35)24(17-33)31-28(36)38-29(5,6)7)25(21-15-18(2)14-19(3)16-21)26(34)30-22-10-12-23(37-8)13-11-22/h10-16,20,24-25,33H,9,17H2,1-8H3,(H,30,34)(H,31,36). The molecule has 0 saturated carbocycles. The van der Waals surface area contributed by atoms with Crippen LogP contribution in [0.15, 0.2) is 42.5 Å². The highest BCUT2D eigenvalue weighted by Gasteiger charge is 2.38. The van der Waals surface area contributed by atoms with Gasteiger partial charge in [-0.1, -0.05) is 36.2 Å². The third-order valence-corrected chi connectivity index (χ3v) is 5.94. The van der Waals surface area contributed by atoms with E-state index in [-0.39, 0.29) is 0 Å². The number of aliphatic hydroxyl groups is 1. The van der Waals surface area contributed by atoms with Crippen molar-refractivity contribution >= 4 is 23.6 Å². The molecule has 0 bridgehead atoms. The maximum atomic E-state index is 13.9. The molecule has 3 amide bonds. The summed E-state index contributed by atoms with van der Waals surface area (Å²) in [5.41, 5.74) is 2.24. The molecule has 0 saturated heterocycles. The van der Waals surface area contributed by atoms with Gasteiger partial charge in [-0.15, -0.1) is 0 Å². The summed E-state index contributed by atoms with van der Waals surface area (Å²) in [6.07, 6.45) is -0.299. The van der Waals surface area contributed by atoms with Crippen LogP contribution in [0.1, 0.15) is 63.8 Å². The van der Waals surface area contributed by atoms with Crippen molar-refractivity contribution in [2.24, 2.45) is 0 Å². The number of nitrogens with one attached hydrogen (secondary N) is 2. The quantitative estimate of drug-likeness (QED) is 0.419. The Kier molecular flexibility index (Phi) is 10.7. The minimum absolute atomic E-state index is 0.399. The van der Waals surface area contributed by atoms with Crippen molar-refractivity contribution in [3.63, 3.8) is 0 Å². The highest BCUT2D eigenvalue weighted by Crippen LogP contribution is 2.29. The van der Waals surface area contributed by atoms with Crippen LogP contribution < -0.4 is 15.4 Å². The van der Waals surface area contributed by atoms with Crippen LogP contribution in [0.3, 0.4) is 0 Å². The molecule has 2 rings (SSSR count). The highest BCUT2D eigenvalue weighted by molar-refractivity contribution is 5.99. The molecule has 9 nitrogen and oxygen atoms in total. The Morgan fingerprint density at radius 2 is 1.61 bits per heavy atom. The fourth-order valence-corrected chi connectivity index (χ4v) is 4.10. The molecule has 0 aliphatic carbocycles. The summed E-state index contributed by atoms with van der Waals surface area (Å²) >= 11 is 0. The first-order chi connectivity index (χ1) is 17.8. The number of hydrogen-bond donors (Lipinski definition) is 3. The number of nitrogens with zero attached hydrogens (tertiary/aromatic N) is 1. The van der Waals surface area contributed by atoms with Crippen molar-refractivity contribution in [2.75, 3.05) is 19.0 Å². The van der Waals surface area contributed by atoms with Gasteiger partial charge in [-0.25, -0.2) is 4.79 Å². The number of aryl methyl sites for hydroxylation is 2. The molecular formula is C29H41N3O6. The Morgan fingerprint density at radius 3 is 2.08 bits per heavy atom. The lowest BCUT2D eigenvalue weighted by atomic mass is 9.96. The number of aliphatic hydroxyl groups excluding tert-OH is 1. The number of benzene rings is 2. The number of anilines is 1. The number of methoxy groups -OCH3 is 1. The number of carbonyl (C=O) groups excluding carboxylic acids is 3. The molecule has 0 heterocycles. The second kappa shape index (κ2) is 13.3. The summed E-state index contributed by atoms with van der Waals surface area (Å²) in [5.74, 6) is -0.381. The molecule has 38 heavy (non-hydrogen) atoms. The van der Waals surface area contributed by atoms with E-state index in [0.29, 0.717) is 23.4 Å². The van der Waals surface area contributed by atoms with Crippen molar-refractivity contribution in [1.29, 1.82) is 0 Å². The summed E-state index contributed by atoms with van der Waals surface area (Å²) in [6, 6.07) is 9.86. The lowest BCUT2D eigenvalue weighted by Crippen LogP contribution is -2.56. The van der Waals surface area contributed by atoms with Gasteiger partial charge in [0.1, 0.15) is 23.4 Å². The maximum absolute atomic E-state index is 13.9. The van der Waals surface area contributed by atoms with Crippen molar-refractivity contribution in [2.45, 2.75) is 78.6 Å². The van der Waals surface area contributed by atoms with Crippen molar-refractivity contribution < 1.29 is 29.0 Å². The highest BCUT2D eigenvalue weighted by atomic mass is 16.6. The first kappa shape index (κ1) is 30.6. The third-order valence-electron chi connectivity index (χ3n) is 5.94. The Bertz CT molecular complexity index is 1090. The molecule has 3 atom stereocenters. The zero-order chi connectivity index (χ0) is 28.6. The smallest absolute Gasteiger partial charge is 0.408 e. The average molecular weight is 528 g/mol. The molecule has 0 radical (unpaired) electrons. The first-order valence-corrected chi connectivity index (χ1v) is 12.7. The molecule has 0 spiro atoms. The van der Waals surface area contributed by atoms with E-state index in [9.17, 15) is 19.5 Å². The van der Waals surface area contributed by atoms with Gasteiger partial charge in [0, 0.05) is 11.7 Å². The molecule has 0 aromatic heterocycles. The second-order valence-electron chi connectivity index (χ2n) is 10.4. The van der Waals surface area contributed by atoms with Crippen LogP contribution in [0.4, 0.5) is 10.5 Å². The Balaban J connectivity index is 2.54. The van der Waals surface area contributed by atoms with Gasteiger partial charge in [-0.2, -0.15) is 0 Å². The topological polar surface area (TPSA) is 117 Å². The molecule has 208 valence electrons. The van der Waals surface area contributed by atoms with Gasteiger partial charge in [0.25, 0.3) is 5.91 Å². The fourth-order valence-electron chi connectivity index (χ4n) is 4.10. The number of alkyl carbamates (subject to hydrolysis) is 1. The molecule has 0 fully saturated rings. The van der Waals surface area contributed by atoms with E-state index in [1.54, 1.807) is 52.1 Å². The van der Waals surface area contributed by atoms with Gasteiger partial charge in [-0.05, 0) is 77.8 Å². The predicted molar refractivity (Wildman–Crippen MR) is 147 cm³/mol. The van der Waals surface area contributed by atoms with E-state index < -0.39 is 48.2 Å². The third kappa shape index (κ3) is 8.48. The van der Waals surface area contributed by atoms with Gasteiger partial charge in [0.05, 0.1) is 13.7 Å². The van der Waals surface area contributed by atoms with E-state index >= 15 is 0 Å². The van der Waals surface area contributed by atoms with Crippen molar-refractivity contribution in [3.05, 3.63) is 59.2 Å². The molecule has 2 aromatic carbocycles. The monoisotopic (exact) mass is 527 g/mol. The second-order valence-corrected chi connectivity index (χ2v) is 10.4. The molecule has 0 aliphatic heterocycles. The summed E-state index contributed by atoms with van der Waals surface area (Å²) < 4.78 is 10.5. The van der Waals surface area contributed by atoms with Gasteiger partial charge < -0.3 is 30.1 Å². The minimum atomic E-state index is -1.30. The Labute approximate surface area is 225 Å². The number of rotatable bonds is 10. The molecule has 9 heteroatoms. The predicted octanol–water partition coefficient (Wildman–Crippen LogP) is 4.50. The van der Waals surface area contributed by atoms with Crippen molar-refractivity contribution in [1.82, 2.24) is 10.2 Å². The van der Waals surface area contributed by atoms with Crippen LogP contribution in [-0.4, -0.2) is 59.3 Å². The van der Waals surface area contributed by atoms with Crippen molar-refractivity contribution in [3.8, 4) is 5.75 Å². The lowest BCUT2D eigenvalue weighted by molar-refractivity contribution is -0.144.